The van der Waals surface area contributed by atoms with Crippen molar-refractivity contribution in [2.45, 2.75) is 24.2 Å². The highest BCUT2D eigenvalue weighted by Gasteiger charge is 2.70. The second-order valence-electron chi connectivity index (χ2n) is 13.6. The highest BCUT2D eigenvalue weighted by Crippen LogP contribution is 2.65. The molecule has 0 spiro atoms. The summed E-state index contributed by atoms with van der Waals surface area (Å²) in [5.41, 5.74) is 4.70. The van der Waals surface area contributed by atoms with Crippen molar-refractivity contribution in [2.75, 3.05) is 17.4 Å². The lowest BCUT2D eigenvalue weighted by molar-refractivity contribution is -0.138. The summed E-state index contributed by atoms with van der Waals surface area (Å²) in [5, 5.41) is 13.1. The van der Waals surface area contributed by atoms with Gasteiger partial charge in [0, 0.05) is 16.5 Å². The van der Waals surface area contributed by atoms with E-state index >= 15 is 4.79 Å². The molecule has 4 amide bonds. The molecule has 11 heteroatoms. The van der Waals surface area contributed by atoms with Crippen LogP contribution in [0.4, 0.5) is 11.4 Å². The molecule has 6 unspecified atom stereocenters. The normalized spacial score (nSPS) is 26.4. The maximum absolute atomic E-state index is 15.3. The number of nitrogens with zero attached hydrogens (tertiary/aromatic N) is 2. The molecule has 0 bridgehead atoms. The average Bonchev–Trinajstić information content (AvgIpc) is 3.53. The monoisotopic (exact) mass is 733 g/mol. The molecule has 2 aliphatic carbocycles. The fourth-order valence-corrected chi connectivity index (χ4v) is 9.38. The van der Waals surface area contributed by atoms with Gasteiger partial charge < -0.3 is 9.84 Å². The standard InChI is InChI=1S/C41H33Cl2N3O6/c1-3-22-8-13-25(14-9-22)45-37(48)29-18-17-27-30(35(29)39(45)50)21-31-38(49)46(44-33-19-12-24(42)20-32(33)43)40(51)41(31,23-10-15-26(52-2)16-11-23)36(27)28-6-4-5-7-34(28)47/h3-17,19-20,29-31,35-36,44,47H,1,18,21H2,2H3. The van der Waals surface area contributed by atoms with E-state index in [-0.39, 0.29) is 35.4 Å². The van der Waals surface area contributed by atoms with Crippen molar-refractivity contribution >= 4 is 64.3 Å². The predicted octanol–water partition coefficient (Wildman–Crippen LogP) is 7.54. The zero-order chi connectivity index (χ0) is 36.5. The number of fused-ring (bicyclic) bond motifs is 4. The number of nitrogens with one attached hydrogen (secondary N) is 1. The van der Waals surface area contributed by atoms with Crippen LogP contribution in [0.1, 0.15) is 35.4 Å². The number of amides is 4. The maximum Gasteiger partial charge on any atom is 0.260 e. The Kier molecular flexibility index (Phi) is 8.23. The number of ether oxygens (including phenoxy) is 1. The number of phenols is 1. The highest BCUT2D eigenvalue weighted by molar-refractivity contribution is 6.36. The van der Waals surface area contributed by atoms with Crippen LogP contribution in [0.25, 0.3) is 6.08 Å². The van der Waals surface area contributed by atoms with Crippen molar-refractivity contribution in [3.05, 3.63) is 136 Å². The van der Waals surface area contributed by atoms with E-state index in [9.17, 15) is 19.5 Å². The zero-order valence-corrected chi connectivity index (χ0v) is 29.5. The van der Waals surface area contributed by atoms with Crippen LogP contribution in [0, 0.1) is 23.7 Å². The van der Waals surface area contributed by atoms with Gasteiger partial charge in [0.2, 0.25) is 11.8 Å². The van der Waals surface area contributed by atoms with Gasteiger partial charge in [-0.2, -0.15) is 5.01 Å². The van der Waals surface area contributed by atoms with Gasteiger partial charge in [0.15, 0.2) is 0 Å². The molecule has 2 heterocycles. The molecule has 6 atom stereocenters. The molecule has 3 fully saturated rings. The number of methoxy groups -OCH3 is 1. The number of carbonyl (C=O) groups excluding carboxylic acids is 4. The SMILES string of the molecule is C=Cc1ccc(N2C(=O)C3CC=C4C(CC5C(=O)N(Nc6ccc(Cl)cc6Cl)C(=O)C5(c5ccc(OC)cc5)C4c4ccccc4O)C3C2=O)cc1. The Labute approximate surface area is 310 Å². The highest BCUT2D eigenvalue weighted by atomic mass is 35.5. The number of anilines is 2. The number of carbonyl (C=O) groups is 4. The topological polar surface area (TPSA) is 116 Å². The molecule has 0 aromatic heterocycles. The van der Waals surface area contributed by atoms with Crippen molar-refractivity contribution in [3.63, 3.8) is 0 Å². The molecule has 0 radical (unpaired) electrons. The van der Waals surface area contributed by atoms with Crippen LogP contribution in [-0.2, 0) is 24.6 Å². The van der Waals surface area contributed by atoms with Crippen LogP contribution in [0.15, 0.2) is 109 Å². The van der Waals surface area contributed by atoms with E-state index in [1.165, 1.54) is 18.1 Å². The van der Waals surface area contributed by atoms with Crippen LogP contribution >= 0.6 is 23.2 Å². The van der Waals surface area contributed by atoms with Gasteiger partial charge in [-0.3, -0.25) is 29.5 Å². The molecular formula is C41H33Cl2N3O6. The molecular weight excluding hydrogens is 701 g/mol. The van der Waals surface area contributed by atoms with Gasteiger partial charge in [-0.15, -0.1) is 0 Å². The number of benzene rings is 4. The first-order valence-corrected chi connectivity index (χ1v) is 17.7. The zero-order valence-electron chi connectivity index (χ0n) is 28.0. The lowest BCUT2D eigenvalue weighted by Gasteiger charge is -2.50. The molecule has 2 N–H and O–H groups in total. The van der Waals surface area contributed by atoms with Crippen molar-refractivity contribution in [2.24, 2.45) is 23.7 Å². The third-order valence-corrected chi connectivity index (χ3v) is 11.8. The number of halogens is 2. The quantitative estimate of drug-likeness (QED) is 0.149. The van der Waals surface area contributed by atoms with Gasteiger partial charge in [-0.05, 0) is 78.4 Å². The number of hydrogen-bond donors (Lipinski definition) is 2. The van der Waals surface area contributed by atoms with Crippen LogP contribution in [0.3, 0.4) is 0 Å². The van der Waals surface area contributed by atoms with E-state index < -0.39 is 46.8 Å². The largest absolute Gasteiger partial charge is 0.508 e. The fraction of sp³-hybridized carbons (Fsp3) is 0.220. The average molecular weight is 735 g/mol. The third kappa shape index (κ3) is 4.90. The summed E-state index contributed by atoms with van der Waals surface area (Å²) >= 11 is 12.7. The summed E-state index contributed by atoms with van der Waals surface area (Å²) < 4.78 is 5.45. The lowest BCUT2D eigenvalue weighted by atomic mass is 9.49. The molecule has 2 saturated heterocycles. The van der Waals surface area contributed by atoms with Crippen LogP contribution < -0.4 is 15.1 Å². The van der Waals surface area contributed by atoms with E-state index in [0.29, 0.717) is 33.3 Å². The van der Waals surface area contributed by atoms with Gasteiger partial charge >= 0.3 is 0 Å². The summed E-state index contributed by atoms with van der Waals surface area (Å²) in [7, 11) is 1.54. The minimum Gasteiger partial charge on any atom is -0.508 e. The van der Waals surface area contributed by atoms with Crippen LogP contribution in [-0.4, -0.2) is 40.9 Å². The number of phenolic OH excluding ortho intramolecular Hbond substituents is 1. The van der Waals surface area contributed by atoms with Crippen molar-refractivity contribution in [3.8, 4) is 11.5 Å². The van der Waals surface area contributed by atoms with E-state index in [1.54, 1.807) is 91.0 Å². The molecule has 4 aromatic rings. The Hall–Kier alpha value is -5.38. The second kappa shape index (κ2) is 12.7. The Morgan fingerprint density at radius 3 is 2.31 bits per heavy atom. The first kappa shape index (κ1) is 33.7. The second-order valence-corrected chi connectivity index (χ2v) is 14.4. The first-order valence-electron chi connectivity index (χ1n) is 16.9. The minimum absolute atomic E-state index is 0.0621. The lowest BCUT2D eigenvalue weighted by Crippen LogP contribution is -2.53. The molecule has 52 heavy (non-hydrogen) atoms. The van der Waals surface area contributed by atoms with E-state index in [4.69, 9.17) is 27.9 Å². The smallest absolute Gasteiger partial charge is 0.260 e. The summed E-state index contributed by atoms with van der Waals surface area (Å²) in [4.78, 5) is 59.9. The van der Waals surface area contributed by atoms with Crippen LogP contribution in [0.2, 0.25) is 10.0 Å². The third-order valence-electron chi connectivity index (χ3n) is 11.2. The van der Waals surface area contributed by atoms with E-state index in [2.05, 4.69) is 12.0 Å². The Bertz CT molecular complexity index is 2200. The van der Waals surface area contributed by atoms with Crippen molar-refractivity contribution in [1.29, 1.82) is 0 Å². The van der Waals surface area contributed by atoms with Gasteiger partial charge in [-0.25, -0.2) is 0 Å². The maximum atomic E-state index is 15.3. The van der Waals surface area contributed by atoms with E-state index in [0.717, 1.165) is 16.1 Å². The number of hydrazine groups is 1. The Morgan fingerprint density at radius 1 is 0.904 bits per heavy atom. The molecule has 262 valence electrons. The summed E-state index contributed by atoms with van der Waals surface area (Å²) in [6.45, 7) is 3.79. The van der Waals surface area contributed by atoms with E-state index in [1.807, 2.05) is 6.08 Å². The van der Waals surface area contributed by atoms with Gasteiger partial charge in [0.1, 0.15) is 11.5 Å². The molecule has 8 rings (SSSR count). The predicted molar refractivity (Wildman–Crippen MR) is 198 cm³/mol. The summed E-state index contributed by atoms with van der Waals surface area (Å²) in [6.07, 6.45) is 3.98. The number of aromatic hydroxyl groups is 1. The fourth-order valence-electron chi connectivity index (χ4n) is 8.93. The minimum atomic E-state index is -1.57. The number of allylic oxidation sites excluding steroid dienone is 2. The molecule has 2 aliphatic heterocycles. The Morgan fingerprint density at radius 2 is 1.63 bits per heavy atom. The number of para-hydroxylation sites is 1. The summed E-state index contributed by atoms with van der Waals surface area (Å²) in [5.74, 6) is -5.19. The number of rotatable bonds is 7. The van der Waals surface area contributed by atoms with Gasteiger partial charge in [-0.1, -0.05) is 90.0 Å². The molecule has 1 saturated carbocycles. The number of hydrogen-bond acceptors (Lipinski definition) is 7. The molecule has 4 aromatic carbocycles. The van der Waals surface area contributed by atoms with Gasteiger partial charge in [0.25, 0.3) is 11.8 Å². The van der Waals surface area contributed by atoms with Gasteiger partial charge in [0.05, 0.1) is 46.7 Å². The van der Waals surface area contributed by atoms with Crippen molar-refractivity contribution < 1.29 is 29.0 Å². The van der Waals surface area contributed by atoms with Crippen molar-refractivity contribution in [1.82, 2.24) is 5.01 Å². The molecule has 9 nitrogen and oxygen atoms in total. The van der Waals surface area contributed by atoms with Crippen LogP contribution in [0.5, 0.6) is 11.5 Å². The molecule has 4 aliphatic rings. The Balaban J connectivity index is 1.32. The summed E-state index contributed by atoms with van der Waals surface area (Å²) in [6, 6.07) is 25.5. The first-order chi connectivity index (χ1) is 25.1. The number of imide groups is 2.